The van der Waals surface area contributed by atoms with Crippen LogP contribution in [0.1, 0.15) is 37.8 Å². The highest BCUT2D eigenvalue weighted by Crippen LogP contribution is 2.40. The summed E-state index contributed by atoms with van der Waals surface area (Å²) in [6.45, 7) is 3.25. The van der Waals surface area contributed by atoms with Crippen LogP contribution in [-0.2, 0) is 16.1 Å². The molecular formula is C12H19N3O2. The van der Waals surface area contributed by atoms with E-state index in [1.165, 1.54) is 25.6 Å². The van der Waals surface area contributed by atoms with Gasteiger partial charge < -0.3 is 10.1 Å². The van der Waals surface area contributed by atoms with Crippen LogP contribution in [0.5, 0.6) is 0 Å². The van der Waals surface area contributed by atoms with E-state index in [-0.39, 0.29) is 12.5 Å². The van der Waals surface area contributed by atoms with E-state index in [1.54, 1.807) is 0 Å². The van der Waals surface area contributed by atoms with Gasteiger partial charge in [-0.25, -0.2) is 0 Å². The summed E-state index contributed by atoms with van der Waals surface area (Å²) in [4.78, 5) is 11.0. The third-order valence-corrected chi connectivity index (χ3v) is 2.88. The number of carbonyl (C=O) groups excluding carboxylic acids is 1. The molecule has 94 valence electrons. The Bertz CT molecular complexity index is 396. The van der Waals surface area contributed by atoms with Crippen LogP contribution in [-0.4, -0.2) is 29.4 Å². The van der Waals surface area contributed by atoms with Gasteiger partial charge in [0.25, 0.3) is 0 Å². The topological polar surface area (TPSA) is 56.2 Å². The van der Waals surface area contributed by atoms with Crippen molar-refractivity contribution < 1.29 is 9.53 Å². The molecule has 0 aliphatic heterocycles. The van der Waals surface area contributed by atoms with Crippen LogP contribution in [0.4, 0.5) is 5.82 Å². The second kappa shape index (κ2) is 5.21. The third-order valence-electron chi connectivity index (χ3n) is 2.88. The SMILES string of the molecule is CCCn1nc(NCC(=O)OC)cc1C1CC1. The molecule has 0 atom stereocenters. The number of nitrogens with zero attached hydrogens (tertiary/aromatic N) is 2. The van der Waals surface area contributed by atoms with Crippen LogP contribution in [0.25, 0.3) is 0 Å². The molecule has 17 heavy (non-hydrogen) atoms. The van der Waals surface area contributed by atoms with Gasteiger partial charge in [0.15, 0.2) is 0 Å². The fraction of sp³-hybridized carbons (Fsp3) is 0.667. The minimum absolute atomic E-state index is 0.170. The maximum absolute atomic E-state index is 11.0. The molecule has 0 radical (unpaired) electrons. The van der Waals surface area contributed by atoms with Crippen molar-refractivity contribution in [2.75, 3.05) is 19.0 Å². The molecule has 1 fully saturated rings. The number of hydrogen-bond acceptors (Lipinski definition) is 4. The van der Waals surface area contributed by atoms with E-state index in [0.29, 0.717) is 5.92 Å². The summed E-state index contributed by atoms with van der Waals surface area (Å²) < 4.78 is 6.63. The molecule has 1 N–H and O–H groups in total. The van der Waals surface area contributed by atoms with Gasteiger partial charge in [0.05, 0.1) is 7.11 Å². The van der Waals surface area contributed by atoms with Crippen molar-refractivity contribution >= 4 is 11.8 Å². The van der Waals surface area contributed by atoms with Gasteiger partial charge in [-0.3, -0.25) is 9.48 Å². The van der Waals surface area contributed by atoms with Crippen LogP contribution in [0.15, 0.2) is 6.07 Å². The third kappa shape index (κ3) is 2.99. The molecule has 0 bridgehead atoms. The lowest BCUT2D eigenvalue weighted by atomic mass is 10.3. The number of rotatable bonds is 6. The maximum Gasteiger partial charge on any atom is 0.325 e. The van der Waals surface area contributed by atoms with E-state index in [2.05, 4.69) is 32.8 Å². The minimum Gasteiger partial charge on any atom is -0.468 e. The Hall–Kier alpha value is -1.52. The Morgan fingerprint density at radius 1 is 1.65 bits per heavy atom. The molecule has 1 saturated carbocycles. The van der Waals surface area contributed by atoms with Crippen LogP contribution < -0.4 is 5.32 Å². The van der Waals surface area contributed by atoms with Crippen molar-refractivity contribution in [3.05, 3.63) is 11.8 Å². The molecule has 5 nitrogen and oxygen atoms in total. The van der Waals surface area contributed by atoms with Crippen LogP contribution in [0, 0.1) is 0 Å². The number of nitrogens with one attached hydrogen (secondary N) is 1. The summed E-state index contributed by atoms with van der Waals surface area (Å²) in [7, 11) is 1.38. The standard InChI is InChI=1S/C12H19N3O2/c1-3-6-15-10(9-4-5-9)7-11(14-15)13-8-12(16)17-2/h7,9H,3-6,8H2,1-2H3,(H,13,14). The molecule has 1 heterocycles. The largest absolute Gasteiger partial charge is 0.468 e. The average molecular weight is 237 g/mol. The van der Waals surface area contributed by atoms with Gasteiger partial charge in [-0.05, 0) is 19.3 Å². The number of methoxy groups -OCH3 is 1. The second-order valence-corrected chi connectivity index (χ2v) is 4.38. The van der Waals surface area contributed by atoms with Gasteiger partial charge in [-0.2, -0.15) is 5.10 Å². The lowest BCUT2D eigenvalue weighted by molar-refractivity contribution is -0.138. The van der Waals surface area contributed by atoms with E-state index in [9.17, 15) is 4.79 Å². The molecule has 1 aliphatic carbocycles. The van der Waals surface area contributed by atoms with Crippen molar-refractivity contribution in [3.63, 3.8) is 0 Å². The molecule has 5 heteroatoms. The van der Waals surface area contributed by atoms with Crippen LogP contribution >= 0.6 is 0 Å². The Kier molecular flexibility index (Phi) is 3.66. The van der Waals surface area contributed by atoms with E-state index in [1.807, 2.05) is 0 Å². The number of hydrogen-bond donors (Lipinski definition) is 1. The molecule has 0 unspecified atom stereocenters. The summed E-state index contributed by atoms with van der Waals surface area (Å²) in [6.07, 6.45) is 3.58. The van der Waals surface area contributed by atoms with E-state index >= 15 is 0 Å². The summed E-state index contributed by atoms with van der Waals surface area (Å²) in [6, 6.07) is 2.05. The van der Waals surface area contributed by atoms with Gasteiger partial charge in [-0.15, -0.1) is 0 Å². The van der Waals surface area contributed by atoms with Gasteiger partial charge in [0, 0.05) is 24.2 Å². The number of anilines is 1. The molecular weight excluding hydrogens is 218 g/mol. The Balaban J connectivity index is 2.02. The lowest BCUT2D eigenvalue weighted by Gasteiger charge is -2.03. The van der Waals surface area contributed by atoms with Crippen molar-refractivity contribution in [2.24, 2.45) is 0 Å². The fourth-order valence-electron chi connectivity index (χ4n) is 1.85. The summed E-state index contributed by atoms with van der Waals surface area (Å²) in [5.41, 5.74) is 1.29. The molecule has 1 aromatic rings. The molecule has 0 spiro atoms. The monoisotopic (exact) mass is 237 g/mol. The lowest BCUT2D eigenvalue weighted by Crippen LogP contribution is -2.15. The Morgan fingerprint density at radius 2 is 2.41 bits per heavy atom. The first kappa shape index (κ1) is 12.0. The number of ether oxygens (including phenoxy) is 1. The molecule has 1 aliphatic rings. The van der Waals surface area contributed by atoms with E-state index < -0.39 is 0 Å². The summed E-state index contributed by atoms with van der Waals surface area (Å²) in [5.74, 6) is 1.16. The molecule has 1 aromatic heterocycles. The fourth-order valence-corrected chi connectivity index (χ4v) is 1.85. The number of aromatic nitrogens is 2. The molecule has 0 saturated heterocycles. The normalized spacial score (nSPS) is 14.7. The highest BCUT2D eigenvalue weighted by atomic mass is 16.5. The molecule has 0 aromatic carbocycles. The van der Waals surface area contributed by atoms with Gasteiger partial charge >= 0.3 is 5.97 Å². The predicted octanol–water partition coefficient (Wildman–Crippen LogP) is 1.76. The number of esters is 1. The number of carbonyl (C=O) groups is 1. The number of aryl methyl sites for hydroxylation is 1. The van der Waals surface area contributed by atoms with Gasteiger partial charge in [0.2, 0.25) is 0 Å². The van der Waals surface area contributed by atoms with Crippen LogP contribution in [0.2, 0.25) is 0 Å². The van der Waals surface area contributed by atoms with E-state index in [4.69, 9.17) is 0 Å². The zero-order valence-electron chi connectivity index (χ0n) is 10.4. The van der Waals surface area contributed by atoms with Gasteiger partial charge in [0.1, 0.15) is 12.4 Å². The average Bonchev–Trinajstić information content (AvgIpc) is 3.10. The second-order valence-electron chi connectivity index (χ2n) is 4.38. The smallest absolute Gasteiger partial charge is 0.325 e. The highest BCUT2D eigenvalue weighted by Gasteiger charge is 2.27. The van der Waals surface area contributed by atoms with Crippen molar-refractivity contribution in [1.82, 2.24) is 9.78 Å². The zero-order valence-corrected chi connectivity index (χ0v) is 10.4. The first-order chi connectivity index (χ1) is 8.24. The summed E-state index contributed by atoms with van der Waals surface area (Å²) >= 11 is 0. The van der Waals surface area contributed by atoms with Crippen molar-refractivity contribution in [2.45, 2.75) is 38.6 Å². The first-order valence-electron chi connectivity index (χ1n) is 6.13. The highest BCUT2D eigenvalue weighted by molar-refractivity contribution is 5.74. The van der Waals surface area contributed by atoms with Crippen LogP contribution in [0.3, 0.4) is 0 Å². The minimum atomic E-state index is -0.275. The molecule has 2 rings (SSSR count). The van der Waals surface area contributed by atoms with E-state index in [0.717, 1.165) is 18.8 Å². The molecule has 0 amide bonds. The quantitative estimate of drug-likeness (QED) is 0.766. The maximum atomic E-state index is 11.0. The van der Waals surface area contributed by atoms with Crippen molar-refractivity contribution in [3.8, 4) is 0 Å². The Morgan fingerprint density at radius 3 is 3.00 bits per heavy atom. The first-order valence-corrected chi connectivity index (χ1v) is 6.13. The predicted molar refractivity (Wildman–Crippen MR) is 65.0 cm³/mol. The van der Waals surface area contributed by atoms with Crippen molar-refractivity contribution in [1.29, 1.82) is 0 Å². The van der Waals surface area contributed by atoms with Gasteiger partial charge in [-0.1, -0.05) is 6.92 Å². The Labute approximate surface area is 101 Å². The summed E-state index contributed by atoms with van der Waals surface area (Å²) in [5, 5.41) is 7.46. The zero-order chi connectivity index (χ0) is 12.3.